The zero-order chi connectivity index (χ0) is 14.3. The van der Waals surface area contributed by atoms with Gasteiger partial charge in [0.15, 0.2) is 4.34 Å². The van der Waals surface area contributed by atoms with Crippen molar-refractivity contribution in [3.8, 4) is 0 Å². The summed E-state index contributed by atoms with van der Waals surface area (Å²) in [5, 5.41) is 14.8. The summed E-state index contributed by atoms with van der Waals surface area (Å²) in [5.74, 6) is 0.990. The van der Waals surface area contributed by atoms with Gasteiger partial charge >= 0.3 is 0 Å². The highest BCUT2D eigenvalue weighted by Crippen LogP contribution is 2.28. The summed E-state index contributed by atoms with van der Waals surface area (Å²) >= 11 is 5.19. The van der Waals surface area contributed by atoms with E-state index in [0.29, 0.717) is 6.10 Å². The van der Waals surface area contributed by atoms with E-state index < -0.39 is 0 Å². The molecule has 0 aromatic carbocycles. The first-order valence-electron chi connectivity index (χ1n) is 7.24. The first kappa shape index (κ1) is 15.3. The lowest BCUT2D eigenvalue weighted by Gasteiger charge is -2.21. The van der Waals surface area contributed by atoms with Gasteiger partial charge in [-0.15, -0.1) is 21.5 Å². The number of thiophene rings is 1. The van der Waals surface area contributed by atoms with Crippen LogP contribution < -0.4 is 5.32 Å². The minimum Gasteiger partial charge on any atom is -0.377 e. The van der Waals surface area contributed by atoms with Crippen LogP contribution in [0.5, 0.6) is 0 Å². The van der Waals surface area contributed by atoms with Gasteiger partial charge in [0, 0.05) is 23.8 Å². The van der Waals surface area contributed by atoms with Gasteiger partial charge in [0.2, 0.25) is 5.13 Å². The number of nitrogens with zero attached hydrogens (tertiary/aromatic N) is 2. The molecule has 1 fully saturated rings. The zero-order valence-electron chi connectivity index (χ0n) is 11.8. The average Bonchev–Trinajstić information content (AvgIpc) is 3.18. The third-order valence-electron chi connectivity index (χ3n) is 3.30. The van der Waals surface area contributed by atoms with Crippen molar-refractivity contribution < 1.29 is 4.74 Å². The number of hydrogen-bond acceptors (Lipinski definition) is 7. The van der Waals surface area contributed by atoms with Crippen LogP contribution in [0.1, 0.15) is 24.1 Å². The van der Waals surface area contributed by atoms with Crippen LogP contribution in [0.2, 0.25) is 0 Å². The van der Waals surface area contributed by atoms with E-state index in [0.717, 1.165) is 34.8 Å². The molecular formula is C14H19N3OS3. The summed E-state index contributed by atoms with van der Waals surface area (Å²) in [6, 6.07) is 4.25. The topological polar surface area (TPSA) is 47.0 Å². The highest BCUT2D eigenvalue weighted by molar-refractivity contribution is 8.01. The van der Waals surface area contributed by atoms with Crippen LogP contribution in [-0.4, -0.2) is 35.2 Å². The van der Waals surface area contributed by atoms with Crippen molar-refractivity contribution >= 4 is 39.6 Å². The summed E-state index contributed by atoms with van der Waals surface area (Å²) in [5.41, 5.74) is 0. The molecule has 114 valence electrons. The van der Waals surface area contributed by atoms with E-state index >= 15 is 0 Å². The normalized spacial score (nSPS) is 18.8. The van der Waals surface area contributed by atoms with Crippen molar-refractivity contribution in [2.75, 3.05) is 24.2 Å². The van der Waals surface area contributed by atoms with E-state index in [2.05, 4.69) is 33.0 Å². The Labute approximate surface area is 137 Å². The van der Waals surface area contributed by atoms with Crippen molar-refractivity contribution in [1.82, 2.24) is 10.2 Å². The molecule has 1 N–H and O–H groups in total. The van der Waals surface area contributed by atoms with E-state index in [9.17, 15) is 0 Å². The molecule has 2 aromatic heterocycles. The smallest absolute Gasteiger partial charge is 0.206 e. The average molecular weight is 342 g/mol. The van der Waals surface area contributed by atoms with E-state index in [1.54, 1.807) is 34.4 Å². The molecule has 1 aliphatic heterocycles. The minimum atomic E-state index is 0.392. The summed E-state index contributed by atoms with van der Waals surface area (Å²) in [6.45, 7) is 1.82. The second-order valence-corrected chi connectivity index (χ2v) is 8.21. The maximum absolute atomic E-state index is 5.73. The summed E-state index contributed by atoms with van der Waals surface area (Å²) < 4.78 is 6.76. The Morgan fingerprint density at radius 2 is 2.38 bits per heavy atom. The first-order valence-corrected chi connectivity index (χ1v) is 9.92. The molecule has 1 atom stereocenters. The largest absolute Gasteiger partial charge is 0.377 e. The molecule has 0 aliphatic carbocycles. The van der Waals surface area contributed by atoms with Crippen LogP contribution in [0, 0.1) is 0 Å². The Kier molecular flexibility index (Phi) is 5.91. The van der Waals surface area contributed by atoms with E-state index in [1.807, 2.05) is 0 Å². The fourth-order valence-electron chi connectivity index (χ4n) is 2.19. The predicted octanol–water partition coefficient (Wildman–Crippen LogP) is 3.92. The maximum Gasteiger partial charge on any atom is 0.206 e. The molecule has 0 amide bonds. The van der Waals surface area contributed by atoms with Gasteiger partial charge in [-0.05, 0) is 37.1 Å². The number of hydrogen-bond donors (Lipinski definition) is 1. The van der Waals surface area contributed by atoms with Crippen LogP contribution in [0.3, 0.4) is 0 Å². The Hall–Kier alpha value is -0.630. The van der Waals surface area contributed by atoms with E-state index in [1.165, 1.54) is 24.1 Å². The number of aromatic nitrogens is 2. The van der Waals surface area contributed by atoms with E-state index in [4.69, 9.17) is 4.74 Å². The Morgan fingerprint density at radius 3 is 3.19 bits per heavy atom. The molecule has 0 spiro atoms. The SMILES string of the molecule is c1csc(CCNc2nnc(SCC3CCCCO3)s2)c1. The second-order valence-electron chi connectivity index (χ2n) is 4.93. The van der Waals surface area contributed by atoms with Crippen molar-refractivity contribution in [2.24, 2.45) is 0 Å². The molecule has 1 unspecified atom stereocenters. The van der Waals surface area contributed by atoms with E-state index in [-0.39, 0.29) is 0 Å². The fourth-order valence-corrected chi connectivity index (χ4v) is 4.77. The van der Waals surface area contributed by atoms with Gasteiger partial charge in [-0.25, -0.2) is 0 Å². The molecule has 3 heterocycles. The zero-order valence-corrected chi connectivity index (χ0v) is 14.2. The van der Waals surface area contributed by atoms with Crippen LogP contribution in [-0.2, 0) is 11.2 Å². The molecule has 4 nitrogen and oxygen atoms in total. The summed E-state index contributed by atoms with van der Waals surface area (Å²) in [6.07, 6.45) is 5.10. The fraction of sp³-hybridized carbons (Fsp3) is 0.571. The molecule has 2 aromatic rings. The van der Waals surface area contributed by atoms with Gasteiger partial charge in [0.1, 0.15) is 0 Å². The summed E-state index contributed by atoms with van der Waals surface area (Å²) in [7, 11) is 0. The number of nitrogens with one attached hydrogen (secondary N) is 1. The number of rotatable bonds is 7. The third kappa shape index (κ3) is 4.95. The van der Waals surface area contributed by atoms with Gasteiger partial charge in [-0.2, -0.15) is 0 Å². The highest BCUT2D eigenvalue weighted by Gasteiger charge is 2.15. The van der Waals surface area contributed by atoms with Crippen molar-refractivity contribution in [1.29, 1.82) is 0 Å². The molecule has 0 bridgehead atoms. The van der Waals surface area contributed by atoms with Crippen LogP contribution >= 0.6 is 34.4 Å². The lowest BCUT2D eigenvalue weighted by molar-refractivity contribution is 0.0315. The van der Waals surface area contributed by atoms with Gasteiger partial charge in [-0.3, -0.25) is 0 Å². The predicted molar refractivity (Wildman–Crippen MR) is 90.7 cm³/mol. The third-order valence-corrected chi connectivity index (χ3v) is 6.38. The molecule has 7 heteroatoms. The molecule has 21 heavy (non-hydrogen) atoms. The standard InChI is InChI=1S/C14H19N3OS3/c1-2-8-18-11(4-1)10-20-14-17-16-13(21-14)15-7-6-12-5-3-9-19-12/h3,5,9,11H,1-2,4,6-8,10H2,(H,15,16). The second kappa shape index (κ2) is 8.12. The minimum absolute atomic E-state index is 0.392. The maximum atomic E-state index is 5.73. The molecule has 0 radical (unpaired) electrons. The Balaban J connectivity index is 1.38. The van der Waals surface area contributed by atoms with Crippen LogP contribution in [0.4, 0.5) is 5.13 Å². The van der Waals surface area contributed by atoms with Crippen molar-refractivity contribution in [3.05, 3.63) is 22.4 Å². The lowest BCUT2D eigenvalue weighted by atomic mass is 10.1. The number of anilines is 1. The first-order chi connectivity index (χ1) is 10.4. The molecule has 3 rings (SSSR count). The quantitative estimate of drug-likeness (QED) is 0.774. The number of ether oxygens (including phenoxy) is 1. The van der Waals surface area contributed by atoms with Crippen molar-refractivity contribution in [2.45, 2.75) is 36.1 Å². The van der Waals surface area contributed by atoms with Gasteiger partial charge < -0.3 is 10.1 Å². The Morgan fingerprint density at radius 1 is 1.38 bits per heavy atom. The molecular weight excluding hydrogens is 322 g/mol. The molecule has 1 aliphatic rings. The Bertz CT molecular complexity index is 523. The van der Waals surface area contributed by atoms with Gasteiger partial charge in [-0.1, -0.05) is 29.2 Å². The van der Waals surface area contributed by atoms with Crippen LogP contribution in [0.15, 0.2) is 21.9 Å². The van der Waals surface area contributed by atoms with Gasteiger partial charge in [0.05, 0.1) is 6.10 Å². The molecule has 1 saturated heterocycles. The number of thioether (sulfide) groups is 1. The monoisotopic (exact) mass is 341 g/mol. The van der Waals surface area contributed by atoms with Crippen molar-refractivity contribution in [3.63, 3.8) is 0 Å². The summed E-state index contributed by atoms with van der Waals surface area (Å²) in [4.78, 5) is 1.40. The van der Waals surface area contributed by atoms with Crippen LogP contribution in [0.25, 0.3) is 0 Å². The lowest BCUT2D eigenvalue weighted by Crippen LogP contribution is -2.21. The highest BCUT2D eigenvalue weighted by atomic mass is 32.2. The molecule has 0 saturated carbocycles. The van der Waals surface area contributed by atoms with Gasteiger partial charge in [0.25, 0.3) is 0 Å².